The van der Waals surface area contributed by atoms with Crippen LogP contribution in [0.1, 0.15) is 31.2 Å². The van der Waals surface area contributed by atoms with Gasteiger partial charge in [0.2, 0.25) is 11.8 Å². The van der Waals surface area contributed by atoms with Crippen LogP contribution in [0.3, 0.4) is 0 Å². The Hall–Kier alpha value is -2.90. The summed E-state index contributed by atoms with van der Waals surface area (Å²) in [7, 11) is 1.50. The summed E-state index contributed by atoms with van der Waals surface area (Å²) in [5, 5.41) is 6.31. The molecule has 2 fully saturated rings. The lowest BCUT2D eigenvalue weighted by Gasteiger charge is -2.33. The molecular weight excluding hydrogens is 442 g/mol. The van der Waals surface area contributed by atoms with Crippen LogP contribution in [0.5, 0.6) is 5.75 Å². The Balaban J connectivity index is 1.29. The van der Waals surface area contributed by atoms with Crippen LogP contribution in [0.4, 0.5) is 0 Å². The minimum atomic E-state index is -0.262. The summed E-state index contributed by atoms with van der Waals surface area (Å²) in [6, 6.07) is 20.2. The van der Waals surface area contributed by atoms with Crippen molar-refractivity contribution in [2.45, 2.75) is 44.3 Å². The van der Waals surface area contributed by atoms with Gasteiger partial charge in [-0.3, -0.25) is 14.5 Å². The second-order valence-corrected chi connectivity index (χ2v) is 9.72. The van der Waals surface area contributed by atoms with Crippen LogP contribution in [0.2, 0.25) is 0 Å². The zero-order valence-corrected chi connectivity index (χ0v) is 20.5. The fraction of sp³-hybridized carbons (Fsp3) is 0.500. The molecule has 0 bridgehead atoms. The Bertz CT molecular complexity index is 932. The van der Waals surface area contributed by atoms with E-state index >= 15 is 0 Å². The predicted octanol–water partition coefficient (Wildman–Crippen LogP) is 3.00. The quantitative estimate of drug-likeness (QED) is 0.548. The maximum absolute atomic E-state index is 13.3. The SMILES string of the molecule is COCC(=O)N[C@@H]1C[C@H](COc2ccccc2)C[C@H]1C(=O)NC1CCN(Cc2ccccc2)CC1. The van der Waals surface area contributed by atoms with Crippen molar-refractivity contribution in [3.8, 4) is 5.75 Å². The lowest BCUT2D eigenvalue weighted by Crippen LogP contribution is -2.49. The van der Waals surface area contributed by atoms with E-state index in [1.54, 1.807) is 0 Å². The Morgan fingerprint density at radius 3 is 2.31 bits per heavy atom. The van der Waals surface area contributed by atoms with E-state index in [1.807, 2.05) is 36.4 Å². The van der Waals surface area contributed by atoms with Crippen molar-refractivity contribution < 1.29 is 19.1 Å². The van der Waals surface area contributed by atoms with Crippen molar-refractivity contribution in [3.05, 3.63) is 66.2 Å². The van der Waals surface area contributed by atoms with Crippen molar-refractivity contribution in [2.75, 3.05) is 33.4 Å². The number of benzene rings is 2. The van der Waals surface area contributed by atoms with Gasteiger partial charge in [0, 0.05) is 38.8 Å². The monoisotopic (exact) mass is 479 g/mol. The molecule has 4 rings (SSSR count). The Labute approximate surface area is 208 Å². The van der Waals surface area contributed by atoms with Gasteiger partial charge in [0.05, 0.1) is 12.5 Å². The number of ether oxygens (including phenoxy) is 2. The number of methoxy groups -OCH3 is 1. The summed E-state index contributed by atoms with van der Waals surface area (Å²) in [4.78, 5) is 28.0. The zero-order chi connectivity index (χ0) is 24.5. The number of nitrogens with one attached hydrogen (secondary N) is 2. The van der Waals surface area contributed by atoms with Gasteiger partial charge >= 0.3 is 0 Å². The van der Waals surface area contributed by atoms with Gasteiger partial charge in [-0.25, -0.2) is 0 Å². The summed E-state index contributed by atoms with van der Waals surface area (Å²) in [6.07, 6.45) is 3.29. The largest absolute Gasteiger partial charge is 0.493 e. The molecule has 2 amide bonds. The van der Waals surface area contributed by atoms with Gasteiger partial charge in [-0.1, -0.05) is 48.5 Å². The molecule has 7 heteroatoms. The number of nitrogens with zero attached hydrogens (tertiary/aromatic N) is 1. The van der Waals surface area contributed by atoms with Gasteiger partial charge in [0.25, 0.3) is 0 Å². The first-order valence-electron chi connectivity index (χ1n) is 12.6. The lowest BCUT2D eigenvalue weighted by molar-refractivity contribution is -0.128. The second-order valence-electron chi connectivity index (χ2n) is 9.72. The third-order valence-corrected chi connectivity index (χ3v) is 7.03. The fourth-order valence-electron chi connectivity index (χ4n) is 5.22. The van der Waals surface area contributed by atoms with Gasteiger partial charge in [-0.05, 0) is 49.3 Å². The van der Waals surface area contributed by atoms with E-state index in [1.165, 1.54) is 12.7 Å². The van der Waals surface area contributed by atoms with E-state index < -0.39 is 0 Å². The summed E-state index contributed by atoms with van der Waals surface area (Å²) >= 11 is 0. The second kappa shape index (κ2) is 12.7. The topological polar surface area (TPSA) is 79.9 Å². The van der Waals surface area contributed by atoms with Gasteiger partial charge < -0.3 is 20.1 Å². The molecule has 0 unspecified atom stereocenters. The van der Waals surface area contributed by atoms with Crippen molar-refractivity contribution in [1.29, 1.82) is 0 Å². The Morgan fingerprint density at radius 2 is 1.63 bits per heavy atom. The van der Waals surface area contributed by atoms with Crippen LogP contribution in [-0.4, -0.2) is 62.2 Å². The van der Waals surface area contributed by atoms with Gasteiger partial charge in [0.1, 0.15) is 12.4 Å². The standard InChI is InChI=1S/C28H37N3O4/c1-34-20-27(32)30-26-17-22(19-35-24-10-6-3-7-11-24)16-25(26)28(33)29-23-12-14-31(15-13-23)18-21-8-4-2-5-9-21/h2-11,22-23,25-26H,12-20H2,1H3,(H,29,33)(H,30,32)/t22-,25-,26-/m1/s1. The van der Waals surface area contributed by atoms with E-state index in [0.717, 1.165) is 44.6 Å². The molecule has 3 atom stereocenters. The molecule has 1 heterocycles. The lowest BCUT2D eigenvalue weighted by atomic mass is 9.99. The van der Waals surface area contributed by atoms with E-state index in [0.29, 0.717) is 13.0 Å². The molecule has 1 aliphatic carbocycles. The van der Waals surface area contributed by atoms with Crippen molar-refractivity contribution in [3.63, 3.8) is 0 Å². The number of hydrogen-bond acceptors (Lipinski definition) is 5. The van der Waals surface area contributed by atoms with Crippen LogP contribution in [0.25, 0.3) is 0 Å². The highest BCUT2D eigenvalue weighted by atomic mass is 16.5. The highest BCUT2D eigenvalue weighted by molar-refractivity contribution is 5.82. The maximum Gasteiger partial charge on any atom is 0.246 e. The van der Waals surface area contributed by atoms with Gasteiger partial charge in [-0.2, -0.15) is 0 Å². The molecule has 188 valence electrons. The number of amides is 2. The minimum Gasteiger partial charge on any atom is -0.493 e. The fourth-order valence-corrected chi connectivity index (χ4v) is 5.22. The van der Waals surface area contributed by atoms with E-state index in [-0.39, 0.29) is 42.3 Å². The summed E-state index contributed by atoms with van der Waals surface area (Å²) in [5.41, 5.74) is 1.32. The first kappa shape index (κ1) is 25.2. The van der Waals surface area contributed by atoms with Crippen LogP contribution in [0, 0.1) is 11.8 Å². The molecule has 0 spiro atoms. The molecule has 1 saturated carbocycles. The van der Waals surface area contributed by atoms with Gasteiger partial charge in [-0.15, -0.1) is 0 Å². The molecule has 7 nitrogen and oxygen atoms in total. The van der Waals surface area contributed by atoms with Gasteiger partial charge in [0.15, 0.2) is 0 Å². The number of para-hydroxylation sites is 1. The first-order chi connectivity index (χ1) is 17.1. The van der Waals surface area contributed by atoms with E-state index in [2.05, 4.69) is 39.8 Å². The molecule has 0 aromatic heterocycles. The van der Waals surface area contributed by atoms with Crippen molar-refractivity contribution in [2.24, 2.45) is 11.8 Å². The third kappa shape index (κ3) is 7.54. The number of likely N-dealkylation sites (tertiary alicyclic amines) is 1. The average molecular weight is 480 g/mol. The molecule has 35 heavy (non-hydrogen) atoms. The highest BCUT2D eigenvalue weighted by Crippen LogP contribution is 2.33. The van der Waals surface area contributed by atoms with E-state index in [4.69, 9.17) is 9.47 Å². The number of carbonyl (C=O) groups excluding carboxylic acids is 2. The number of rotatable bonds is 10. The summed E-state index contributed by atoms with van der Waals surface area (Å²) in [5.74, 6) is 0.613. The number of carbonyl (C=O) groups is 2. The summed E-state index contributed by atoms with van der Waals surface area (Å²) in [6.45, 7) is 3.40. The van der Waals surface area contributed by atoms with Crippen molar-refractivity contribution in [1.82, 2.24) is 15.5 Å². The summed E-state index contributed by atoms with van der Waals surface area (Å²) < 4.78 is 10.9. The normalized spacial score (nSPS) is 23.1. The molecule has 2 N–H and O–H groups in total. The number of hydrogen-bond donors (Lipinski definition) is 2. The third-order valence-electron chi connectivity index (χ3n) is 7.03. The predicted molar refractivity (Wildman–Crippen MR) is 135 cm³/mol. The molecule has 2 aromatic rings. The average Bonchev–Trinajstić information content (AvgIpc) is 3.28. The van der Waals surface area contributed by atoms with Crippen molar-refractivity contribution >= 4 is 11.8 Å². The van der Waals surface area contributed by atoms with Crippen LogP contribution < -0.4 is 15.4 Å². The maximum atomic E-state index is 13.3. The van der Waals surface area contributed by atoms with Crippen LogP contribution in [-0.2, 0) is 20.9 Å². The Kier molecular flexibility index (Phi) is 9.15. The Morgan fingerprint density at radius 1 is 0.943 bits per heavy atom. The smallest absolute Gasteiger partial charge is 0.246 e. The van der Waals surface area contributed by atoms with Crippen LogP contribution in [0.15, 0.2) is 60.7 Å². The molecule has 1 aliphatic heterocycles. The number of piperidine rings is 1. The van der Waals surface area contributed by atoms with E-state index in [9.17, 15) is 9.59 Å². The minimum absolute atomic E-state index is 0.00407. The molecule has 2 aliphatic rings. The molecular formula is C28H37N3O4. The zero-order valence-electron chi connectivity index (χ0n) is 20.5. The first-order valence-corrected chi connectivity index (χ1v) is 12.6. The molecule has 1 saturated heterocycles. The molecule has 0 radical (unpaired) electrons. The van der Waals surface area contributed by atoms with Crippen LogP contribution >= 0.6 is 0 Å². The molecule has 2 aromatic carbocycles. The highest BCUT2D eigenvalue weighted by Gasteiger charge is 2.40.